The number of para-hydroxylation sites is 1. The van der Waals surface area contributed by atoms with E-state index < -0.39 is 8.07 Å². The van der Waals surface area contributed by atoms with Crippen LogP contribution in [0.4, 0.5) is 0 Å². The maximum Gasteiger partial charge on any atom is 0.351 e. The third-order valence-corrected chi connectivity index (χ3v) is 12.5. The standard InChI is InChI=1S/C29H25N3O2Si/c33-28-30-21-27(22-31(30)29(34)32(28)23-13-5-1-6-14-23)35(24-15-7-2-8-16-24,25-17-9-3-10-18-25)26-19-11-4-12-20-26/h1-20,27H,21-22H2. The maximum absolute atomic E-state index is 13.5. The summed E-state index contributed by atoms with van der Waals surface area (Å²) in [6.07, 6.45) is 0. The van der Waals surface area contributed by atoms with Gasteiger partial charge < -0.3 is 0 Å². The van der Waals surface area contributed by atoms with Crippen molar-refractivity contribution in [3.63, 3.8) is 0 Å². The highest BCUT2D eigenvalue weighted by molar-refractivity contribution is 7.12. The van der Waals surface area contributed by atoms with Gasteiger partial charge in [-0.2, -0.15) is 0 Å². The summed E-state index contributed by atoms with van der Waals surface area (Å²) < 4.78 is 4.58. The average Bonchev–Trinajstić information content (AvgIpc) is 3.46. The zero-order valence-electron chi connectivity index (χ0n) is 19.2. The molecule has 0 saturated carbocycles. The zero-order chi connectivity index (χ0) is 23.8. The predicted octanol–water partition coefficient (Wildman–Crippen LogP) is 2.35. The molecule has 1 aliphatic heterocycles. The number of rotatable bonds is 5. The summed E-state index contributed by atoms with van der Waals surface area (Å²) in [7, 11) is -2.62. The Labute approximate surface area is 204 Å². The number of fused-ring (bicyclic) bond motifs is 1. The molecule has 0 fully saturated rings. The summed E-state index contributed by atoms with van der Waals surface area (Å²) in [6.45, 7) is 0.998. The Morgan fingerprint density at radius 3 is 1.23 bits per heavy atom. The number of nitrogens with zero attached hydrogens (tertiary/aromatic N) is 3. The van der Waals surface area contributed by atoms with E-state index >= 15 is 0 Å². The lowest BCUT2D eigenvalue weighted by atomic mass is 10.3. The average molecular weight is 476 g/mol. The van der Waals surface area contributed by atoms with Gasteiger partial charge in [-0.25, -0.2) is 23.5 Å². The first-order valence-electron chi connectivity index (χ1n) is 11.9. The first kappa shape index (κ1) is 21.4. The van der Waals surface area contributed by atoms with E-state index in [-0.39, 0.29) is 16.9 Å². The minimum Gasteiger partial charge on any atom is -0.246 e. The Kier molecular flexibility index (Phi) is 5.23. The molecule has 35 heavy (non-hydrogen) atoms. The van der Waals surface area contributed by atoms with E-state index in [4.69, 9.17) is 0 Å². The van der Waals surface area contributed by atoms with Gasteiger partial charge in [0, 0.05) is 18.6 Å². The highest BCUT2D eigenvalue weighted by Gasteiger charge is 2.49. The molecule has 1 aromatic heterocycles. The van der Waals surface area contributed by atoms with E-state index in [9.17, 15) is 9.59 Å². The van der Waals surface area contributed by atoms with E-state index in [0.29, 0.717) is 18.8 Å². The largest absolute Gasteiger partial charge is 0.351 e. The molecular formula is C29H25N3O2Si. The van der Waals surface area contributed by atoms with Crippen molar-refractivity contribution in [1.82, 2.24) is 13.9 Å². The summed E-state index contributed by atoms with van der Waals surface area (Å²) in [4.78, 5) is 27.0. The van der Waals surface area contributed by atoms with Crippen LogP contribution < -0.4 is 26.9 Å². The van der Waals surface area contributed by atoms with Crippen molar-refractivity contribution in [3.8, 4) is 5.69 Å². The lowest BCUT2D eigenvalue weighted by Gasteiger charge is -2.38. The van der Waals surface area contributed by atoms with Gasteiger partial charge in [-0.1, -0.05) is 109 Å². The quantitative estimate of drug-likeness (QED) is 0.289. The summed E-state index contributed by atoms with van der Waals surface area (Å²) in [5.74, 6) is 0. The van der Waals surface area contributed by atoms with Gasteiger partial charge in [0.05, 0.1) is 5.69 Å². The second-order valence-electron chi connectivity index (χ2n) is 9.00. The molecular weight excluding hydrogens is 450 g/mol. The Morgan fingerprint density at radius 2 is 0.857 bits per heavy atom. The van der Waals surface area contributed by atoms with Crippen LogP contribution in [-0.4, -0.2) is 22.0 Å². The third kappa shape index (κ3) is 3.29. The molecule has 2 heterocycles. The van der Waals surface area contributed by atoms with Crippen LogP contribution in [-0.2, 0) is 13.1 Å². The molecule has 0 atom stereocenters. The fourth-order valence-electron chi connectivity index (χ4n) is 5.73. The van der Waals surface area contributed by atoms with Gasteiger partial charge in [0.25, 0.3) is 0 Å². The number of benzene rings is 4. The maximum atomic E-state index is 13.5. The van der Waals surface area contributed by atoms with Crippen LogP contribution >= 0.6 is 0 Å². The molecule has 6 heteroatoms. The smallest absolute Gasteiger partial charge is 0.246 e. The summed E-state index contributed by atoms with van der Waals surface area (Å²) in [5.41, 5.74) is 0.147. The van der Waals surface area contributed by atoms with Crippen LogP contribution in [0.1, 0.15) is 0 Å². The molecule has 6 rings (SSSR count). The molecule has 0 saturated heterocycles. The van der Waals surface area contributed by atoms with Crippen molar-refractivity contribution >= 4 is 23.6 Å². The Bertz CT molecular complexity index is 1440. The van der Waals surface area contributed by atoms with Gasteiger partial charge in [-0.3, -0.25) is 0 Å². The van der Waals surface area contributed by atoms with Crippen LogP contribution in [0.5, 0.6) is 0 Å². The molecule has 172 valence electrons. The molecule has 4 aromatic carbocycles. The van der Waals surface area contributed by atoms with E-state index in [0.717, 1.165) is 0 Å². The van der Waals surface area contributed by atoms with Crippen molar-refractivity contribution in [1.29, 1.82) is 0 Å². The molecule has 0 bridgehead atoms. The third-order valence-electron chi connectivity index (χ3n) is 7.22. The molecule has 0 spiro atoms. The summed E-state index contributed by atoms with van der Waals surface area (Å²) in [6, 6.07) is 41.1. The number of hydrogen-bond donors (Lipinski definition) is 0. The van der Waals surface area contributed by atoms with Crippen LogP contribution in [0.15, 0.2) is 131 Å². The summed E-state index contributed by atoms with van der Waals surface area (Å²) in [5, 5.41) is 3.85. The second kappa shape index (κ2) is 8.56. The lowest BCUT2D eigenvalue weighted by Crippen LogP contribution is -2.70. The minimum atomic E-state index is -2.62. The second-order valence-corrected chi connectivity index (χ2v) is 13.2. The van der Waals surface area contributed by atoms with Crippen LogP contribution in [0.25, 0.3) is 5.69 Å². The van der Waals surface area contributed by atoms with Crippen molar-refractivity contribution in [2.24, 2.45) is 0 Å². The Hall–Kier alpha value is -4.16. The van der Waals surface area contributed by atoms with Gasteiger partial charge in [-0.15, -0.1) is 0 Å². The van der Waals surface area contributed by atoms with Gasteiger partial charge in [0.2, 0.25) is 0 Å². The monoisotopic (exact) mass is 475 g/mol. The van der Waals surface area contributed by atoms with Crippen molar-refractivity contribution in [2.75, 3.05) is 0 Å². The van der Waals surface area contributed by atoms with Crippen LogP contribution in [0.2, 0.25) is 5.54 Å². The first-order chi connectivity index (χ1) is 17.2. The van der Waals surface area contributed by atoms with Crippen LogP contribution in [0, 0.1) is 0 Å². The zero-order valence-corrected chi connectivity index (χ0v) is 20.2. The molecule has 0 N–H and O–H groups in total. The summed E-state index contributed by atoms with van der Waals surface area (Å²) >= 11 is 0. The number of hydrogen-bond acceptors (Lipinski definition) is 2. The van der Waals surface area contributed by atoms with Crippen molar-refractivity contribution in [2.45, 2.75) is 18.6 Å². The van der Waals surface area contributed by atoms with Gasteiger partial charge >= 0.3 is 11.4 Å². The minimum absolute atomic E-state index is 0.0977. The predicted molar refractivity (Wildman–Crippen MR) is 142 cm³/mol. The molecule has 5 nitrogen and oxygen atoms in total. The van der Waals surface area contributed by atoms with Gasteiger partial charge in [-0.05, 0) is 27.7 Å². The molecule has 0 aliphatic carbocycles. The Balaban J connectivity index is 1.57. The normalized spacial score (nSPS) is 13.6. The fraction of sp³-hybridized carbons (Fsp3) is 0.103. The van der Waals surface area contributed by atoms with E-state index in [2.05, 4.69) is 72.8 Å². The molecule has 0 unspecified atom stereocenters. The molecule has 0 amide bonds. The number of aromatic nitrogens is 3. The van der Waals surface area contributed by atoms with Crippen molar-refractivity contribution < 1.29 is 0 Å². The van der Waals surface area contributed by atoms with E-state index in [1.54, 1.807) is 21.5 Å². The van der Waals surface area contributed by atoms with E-state index in [1.165, 1.54) is 20.1 Å². The highest BCUT2D eigenvalue weighted by atomic mass is 28.3. The molecule has 5 aromatic rings. The lowest BCUT2D eigenvalue weighted by molar-refractivity contribution is 0.580. The van der Waals surface area contributed by atoms with Crippen molar-refractivity contribution in [3.05, 3.63) is 142 Å². The fourth-order valence-corrected chi connectivity index (χ4v) is 11.2. The first-order valence-corrected chi connectivity index (χ1v) is 13.9. The van der Waals surface area contributed by atoms with Gasteiger partial charge in [0.1, 0.15) is 0 Å². The molecule has 0 radical (unpaired) electrons. The SMILES string of the molecule is O=c1n(-c2ccccc2)c(=O)n2n1CC([Si](c1ccccc1)(c1ccccc1)c1ccccc1)C2. The topological polar surface area (TPSA) is 48.9 Å². The van der Waals surface area contributed by atoms with E-state index in [1.807, 2.05) is 36.4 Å². The van der Waals surface area contributed by atoms with Gasteiger partial charge in [0.15, 0.2) is 8.07 Å². The van der Waals surface area contributed by atoms with Crippen LogP contribution in [0.3, 0.4) is 0 Å². The highest BCUT2D eigenvalue weighted by Crippen LogP contribution is 2.29. The Morgan fingerprint density at radius 1 is 0.514 bits per heavy atom. The molecule has 1 aliphatic rings.